The van der Waals surface area contributed by atoms with Crippen molar-refractivity contribution < 1.29 is 14.3 Å². The third kappa shape index (κ3) is 2.66. The van der Waals surface area contributed by atoms with E-state index in [0.717, 1.165) is 30.8 Å². The minimum atomic E-state index is -0.566. The molecule has 0 radical (unpaired) electrons. The van der Waals surface area contributed by atoms with E-state index >= 15 is 0 Å². The Hall–Kier alpha value is -2.44. The van der Waals surface area contributed by atoms with Crippen LogP contribution in [0.1, 0.15) is 40.8 Å². The summed E-state index contributed by atoms with van der Waals surface area (Å²) in [6, 6.07) is 3.31. The molecule has 1 fully saturated rings. The molecule has 1 N–H and O–H groups in total. The lowest BCUT2D eigenvalue weighted by molar-refractivity contribution is 0.0776. The van der Waals surface area contributed by atoms with E-state index in [1.54, 1.807) is 7.05 Å². The Kier molecular flexibility index (Phi) is 3.56. The van der Waals surface area contributed by atoms with E-state index < -0.39 is 11.7 Å². The molecular weight excluding hydrogens is 287 g/mol. The zero-order valence-electron chi connectivity index (χ0n) is 12.5. The van der Waals surface area contributed by atoms with Gasteiger partial charge in [0.25, 0.3) is 5.91 Å². The molecule has 3 rings (SSSR count). The summed E-state index contributed by atoms with van der Waals surface area (Å²) in [4.78, 5) is 13.7. The summed E-state index contributed by atoms with van der Waals surface area (Å²) >= 11 is 0. The van der Waals surface area contributed by atoms with Gasteiger partial charge in [0.1, 0.15) is 17.4 Å². The maximum Gasteiger partial charge on any atom is 0.257 e. The van der Waals surface area contributed by atoms with Gasteiger partial charge in [0.05, 0.1) is 12.1 Å². The Morgan fingerprint density at radius 2 is 2.18 bits per heavy atom. The van der Waals surface area contributed by atoms with Gasteiger partial charge in [0.15, 0.2) is 5.82 Å². The first kappa shape index (κ1) is 14.5. The fourth-order valence-electron chi connectivity index (χ4n) is 2.38. The highest BCUT2D eigenvalue weighted by molar-refractivity contribution is 5.96. The van der Waals surface area contributed by atoms with E-state index in [2.05, 4.69) is 10.2 Å². The van der Waals surface area contributed by atoms with Crippen molar-refractivity contribution in [2.24, 2.45) is 7.05 Å². The Morgan fingerprint density at radius 3 is 2.86 bits per heavy atom. The molecule has 2 aromatic rings. The normalized spacial score (nSPS) is 14.1. The first-order chi connectivity index (χ1) is 10.5. The Morgan fingerprint density at radius 1 is 1.45 bits per heavy atom. The number of phenolic OH excluding ortho intramolecular Hbond substituents is 1. The van der Waals surface area contributed by atoms with E-state index in [4.69, 9.17) is 0 Å². The van der Waals surface area contributed by atoms with Crippen LogP contribution in [0.4, 0.5) is 4.39 Å². The van der Waals surface area contributed by atoms with Crippen LogP contribution in [0.3, 0.4) is 0 Å². The molecule has 1 heterocycles. The van der Waals surface area contributed by atoms with Gasteiger partial charge in [-0.05, 0) is 31.0 Å². The van der Waals surface area contributed by atoms with Crippen molar-refractivity contribution in [3.05, 3.63) is 41.2 Å². The highest BCUT2D eigenvalue weighted by Gasteiger charge is 2.29. The average Bonchev–Trinajstić information content (AvgIpc) is 3.27. The zero-order valence-corrected chi connectivity index (χ0v) is 12.5. The zero-order chi connectivity index (χ0) is 15.9. The number of aromatic nitrogens is 3. The average molecular weight is 304 g/mol. The summed E-state index contributed by atoms with van der Waals surface area (Å²) in [6.07, 6.45) is 2.25. The molecule has 7 heteroatoms. The largest absolute Gasteiger partial charge is 0.507 e. The predicted octanol–water partition coefficient (Wildman–Crippen LogP) is 1.81. The number of carbonyl (C=O) groups is 1. The second kappa shape index (κ2) is 5.40. The molecule has 0 unspecified atom stereocenters. The second-order valence-corrected chi connectivity index (χ2v) is 5.63. The summed E-state index contributed by atoms with van der Waals surface area (Å²) in [6.45, 7) is 0.241. The van der Waals surface area contributed by atoms with Crippen LogP contribution in [0.2, 0.25) is 0 Å². The Bertz CT molecular complexity index is 724. The molecule has 1 saturated carbocycles. The van der Waals surface area contributed by atoms with E-state index in [0.29, 0.717) is 11.7 Å². The molecule has 1 aromatic carbocycles. The van der Waals surface area contributed by atoms with Gasteiger partial charge >= 0.3 is 0 Å². The van der Waals surface area contributed by atoms with Gasteiger partial charge in [0, 0.05) is 20.0 Å². The van der Waals surface area contributed by atoms with E-state index in [9.17, 15) is 14.3 Å². The molecular formula is C15H17FN4O2. The van der Waals surface area contributed by atoms with Crippen LogP contribution in [0.25, 0.3) is 0 Å². The third-order valence-corrected chi connectivity index (χ3v) is 3.86. The van der Waals surface area contributed by atoms with E-state index in [-0.39, 0.29) is 17.9 Å². The molecule has 1 aliphatic rings. The lowest BCUT2D eigenvalue weighted by Gasteiger charge is -2.17. The van der Waals surface area contributed by atoms with Crippen molar-refractivity contribution in [1.29, 1.82) is 0 Å². The molecule has 1 amide bonds. The van der Waals surface area contributed by atoms with Crippen molar-refractivity contribution in [1.82, 2.24) is 19.7 Å². The van der Waals surface area contributed by atoms with Gasteiger partial charge in [-0.15, -0.1) is 10.2 Å². The maximum atomic E-state index is 13.3. The van der Waals surface area contributed by atoms with Gasteiger partial charge in [-0.2, -0.15) is 0 Å². The molecule has 0 bridgehead atoms. The second-order valence-electron chi connectivity index (χ2n) is 5.63. The van der Waals surface area contributed by atoms with Gasteiger partial charge in [-0.1, -0.05) is 0 Å². The molecule has 0 spiro atoms. The van der Waals surface area contributed by atoms with E-state index in [1.165, 1.54) is 11.0 Å². The van der Waals surface area contributed by atoms with Crippen molar-refractivity contribution in [3.63, 3.8) is 0 Å². The molecule has 0 atom stereocenters. The fraction of sp³-hybridized carbons (Fsp3) is 0.400. The summed E-state index contributed by atoms with van der Waals surface area (Å²) in [5.74, 6) is 0.796. The number of rotatable bonds is 4. The quantitative estimate of drug-likeness (QED) is 0.935. The minimum Gasteiger partial charge on any atom is -0.507 e. The minimum absolute atomic E-state index is 0.0629. The molecule has 0 aliphatic heterocycles. The van der Waals surface area contributed by atoms with Gasteiger partial charge < -0.3 is 14.6 Å². The fourth-order valence-corrected chi connectivity index (χ4v) is 2.38. The number of hydrogen-bond donors (Lipinski definition) is 1. The number of aromatic hydroxyl groups is 1. The Balaban J connectivity index is 1.77. The van der Waals surface area contributed by atoms with Crippen LogP contribution >= 0.6 is 0 Å². The van der Waals surface area contributed by atoms with Crippen molar-refractivity contribution in [2.75, 3.05) is 7.05 Å². The van der Waals surface area contributed by atoms with Crippen LogP contribution in [-0.4, -0.2) is 37.7 Å². The first-order valence-corrected chi connectivity index (χ1v) is 7.09. The number of benzene rings is 1. The monoisotopic (exact) mass is 304 g/mol. The highest BCUT2D eigenvalue weighted by Crippen LogP contribution is 2.38. The van der Waals surface area contributed by atoms with Crippen LogP contribution in [0.5, 0.6) is 5.75 Å². The van der Waals surface area contributed by atoms with E-state index in [1.807, 2.05) is 11.6 Å². The molecule has 22 heavy (non-hydrogen) atoms. The number of hydrogen-bond acceptors (Lipinski definition) is 4. The first-order valence-electron chi connectivity index (χ1n) is 7.09. The standard InChI is InChI=1S/C15H17FN4O2/c1-19(15(22)11-7-10(16)5-6-12(11)21)8-13-17-18-14(20(13)2)9-3-4-9/h5-7,9,21H,3-4,8H2,1-2H3. The smallest absolute Gasteiger partial charge is 0.257 e. The van der Waals surface area contributed by atoms with Crippen LogP contribution in [0.15, 0.2) is 18.2 Å². The number of halogens is 1. The molecule has 1 aromatic heterocycles. The number of phenols is 1. The van der Waals surface area contributed by atoms with Gasteiger partial charge in [-0.25, -0.2) is 4.39 Å². The summed E-state index contributed by atoms with van der Waals surface area (Å²) in [5.41, 5.74) is -0.0629. The number of carbonyl (C=O) groups excluding carboxylic acids is 1. The highest BCUT2D eigenvalue weighted by atomic mass is 19.1. The Labute approximate surface area is 127 Å². The van der Waals surface area contributed by atoms with Crippen molar-refractivity contribution in [2.45, 2.75) is 25.3 Å². The third-order valence-electron chi connectivity index (χ3n) is 3.86. The number of amides is 1. The molecule has 6 nitrogen and oxygen atoms in total. The summed E-state index contributed by atoms with van der Waals surface area (Å²) in [5, 5.41) is 18.0. The lowest BCUT2D eigenvalue weighted by Crippen LogP contribution is -2.27. The summed E-state index contributed by atoms with van der Waals surface area (Å²) in [7, 11) is 3.46. The SMILES string of the molecule is CN(Cc1nnc(C2CC2)n1C)C(=O)c1cc(F)ccc1O. The van der Waals surface area contributed by atoms with Gasteiger partial charge in [-0.3, -0.25) is 4.79 Å². The van der Waals surface area contributed by atoms with Crippen LogP contribution in [-0.2, 0) is 13.6 Å². The van der Waals surface area contributed by atoms with Crippen molar-refractivity contribution >= 4 is 5.91 Å². The lowest BCUT2D eigenvalue weighted by atomic mass is 10.1. The number of nitrogens with zero attached hydrogens (tertiary/aromatic N) is 4. The topological polar surface area (TPSA) is 71.2 Å². The molecule has 0 saturated heterocycles. The summed E-state index contributed by atoms with van der Waals surface area (Å²) < 4.78 is 15.1. The molecule has 1 aliphatic carbocycles. The van der Waals surface area contributed by atoms with Crippen molar-refractivity contribution in [3.8, 4) is 5.75 Å². The predicted molar refractivity (Wildman–Crippen MR) is 76.8 cm³/mol. The van der Waals surface area contributed by atoms with Crippen LogP contribution < -0.4 is 0 Å². The van der Waals surface area contributed by atoms with Gasteiger partial charge in [0.2, 0.25) is 0 Å². The van der Waals surface area contributed by atoms with Crippen LogP contribution in [0, 0.1) is 5.82 Å². The molecule has 116 valence electrons. The maximum absolute atomic E-state index is 13.3.